The van der Waals surface area contributed by atoms with E-state index in [1.54, 1.807) is 4.80 Å². The van der Waals surface area contributed by atoms with Crippen molar-refractivity contribution in [2.45, 2.75) is 27.7 Å². The average molecular weight is 367 g/mol. The molecule has 1 heterocycles. The lowest BCUT2D eigenvalue weighted by Crippen LogP contribution is -2.41. The highest BCUT2D eigenvalue weighted by molar-refractivity contribution is 7.80. The number of nitrogens with zero attached hydrogens (tertiary/aromatic N) is 3. The molecule has 0 spiro atoms. The summed E-state index contributed by atoms with van der Waals surface area (Å²) in [7, 11) is 0. The Morgan fingerprint density at radius 2 is 1.69 bits per heavy atom. The van der Waals surface area contributed by atoms with Crippen LogP contribution in [0.2, 0.25) is 0 Å². The number of aryl methyl sites for hydroxylation is 1. The van der Waals surface area contributed by atoms with Crippen molar-refractivity contribution in [3.8, 4) is 5.69 Å². The minimum atomic E-state index is -0.508. The Labute approximate surface area is 157 Å². The fourth-order valence-corrected chi connectivity index (χ4v) is 2.45. The van der Waals surface area contributed by atoms with Crippen LogP contribution in [0, 0.1) is 12.3 Å². The van der Waals surface area contributed by atoms with E-state index in [0.29, 0.717) is 0 Å². The van der Waals surface area contributed by atoms with Gasteiger partial charge >= 0.3 is 0 Å². The summed E-state index contributed by atoms with van der Waals surface area (Å²) in [6.07, 6.45) is 0. The van der Waals surface area contributed by atoms with Gasteiger partial charge in [-0.15, -0.1) is 10.2 Å². The zero-order valence-electron chi connectivity index (χ0n) is 15.2. The second kappa shape index (κ2) is 6.84. The van der Waals surface area contributed by atoms with E-state index in [2.05, 4.69) is 20.8 Å². The number of hydrogen-bond acceptors (Lipinski definition) is 4. The predicted molar refractivity (Wildman–Crippen MR) is 107 cm³/mol. The number of carbonyl (C=O) groups is 1. The fourth-order valence-electron chi connectivity index (χ4n) is 2.24. The molecule has 26 heavy (non-hydrogen) atoms. The fraction of sp³-hybridized carbons (Fsp3) is 0.263. The zero-order valence-corrected chi connectivity index (χ0v) is 16.0. The maximum absolute atomic E-state index is 12.0. The molecule has 0 saturated heterocycles. The lowest BCUT2D eigenvalue weighted by molar-refractivity contribution is -0.126. The molecule has 0 aliphatic rings. The molecular formula is C19H21N5OS. The molecule has 6 nitrogen and oxygen atoms in total. The first-order valence-corrected chi connectivity index (χ1v) is 8.70. The van der Waals surface area contributed by atoms with Gasteiger partial charge < -0.3 is 10.6 Å². The standard InChI is InChI=1S/C19H21N5OS/c1-12-5-8-14(9-6-12)24-22-15-10-7-13(11-16(15)23-24)20-18(26)21-17(25)19(2,3)4/h5-11H,1-4H3,(H2,20,21,25,26). The van der Waals surface area contributed by atoms with Crippen LogP contribution in [-0.2, 0) is 4.79 Å². The van der Waals surface area contributed by atoms with E-state index in [4.69, 9.17) is 12.2 Å². The summed E-state index contributed by atoms with van der Waals surface area (Å²) in [5.41, 5.74) is 3.83. The molecule has 2 N–H and O–H groups in total. The number of carbonyl (C=O) groups excluding carboxylic acids is 1. The first-order valence-electron chi connectivity index (χ1n) is 8.29. The van der Waals surface area contributed by atoms with Crippen molar-refractivity contribution in [1.29, 1.82) is 0 Å². The largest absolute Gasteiger partial charge is 0.332 e. The van der Waals surface area contributed by atoms with E-state index in [-0.39, 0.29) is 11.0 Å². The number of rotatable bonds is 2. The Morgan fingerprint density at radius 3 is 2.35 bits per heavy atom. The topological polar surface area (TPSA) is 71.8 Å². The molecule has 0 bridgehead atoms. The van der Waals surface area contributed by atoms with Crippen LogP contribution in [0.1, 0.15) is 26.3 Å². The molecule has 0 aliphatic carbocycles. The number of benzene rings is 2. The van der Waals surface area contributed by atoms with Crippen LogP contribution < -0.4 is 10.6 Å². The molecule has 0 aliphatic heterocycles. The van der Waals surface area contributed by atoms with Crippen molar-refractivity contribution in [2.75, 3.05) is 5.32 Å². The number of aromatic nitrogens is 3. The highest BCUT2D eigenvalue weighted by atomic mass is 32.1. The van der Waals surface area contributed by atoms with Crippen LogP contribution in [0.15, 0.2) is 42.5 Å². The van der Waals surface area contributed by atoms with Gasteiger partial charge in [0.15, 0.2) is 5.11 Å². The highest BCUT2D eigenvalue weighted by Crippen LogP contribution is 2.18. The first kappa shape index (κ1) is 18.0. The average Bonchev–Trinajstić information content (AvgIpc) is 2.97. The van der Waals surface area contributed by atoms with Crippen molar-refractivity contribution < 1.29 is 4.79 Å². The second-order valence-corrected chi connectivity index (χ2v) is 7.59. The zero-order chi connectivity index (χ0) is 18.9. The Kier molecular flexibility index (Phi) is 4.73. The van der Waals surface area contributed by atoms with Gasteiger partial charge in [0, 0.05) is 11.1 Å². The highest BCUT2D eigenvalue weighted by Gasteiger charge is 2.22. The van der Waals surface area contributed by atoms with Gasteiger partial charge in [-0.25, -0.2) is 0 Å². The van der Waals surface area contributed by atoms with Gasteiger partial charge in [-0.1, -0.05) is 38.5 Å². The van der Waals surface area contributed by atoms with Gasteiger partial charge in [0.05, 0.1) is 5.69 Å². The van der Waals surface area contributed by atoms with Crippen molar-refractivity contribution in [3.05, 3.63) is 48.0 Å². The number of anilines is 1. The van der Waals surface area contributed by atoms with Crippen LogP contribution in [0.5, 0.6) is 0 Å². The third-order valence-electron chi connectivity index (χ3n) is 3.81. The van der Waals surface area contributed by atoms with Gasteiger partial charge in [0.25, 0.3) is 0 Å². The van der Waals surface area contributed by atoms with Crippen LogP contribution in [0.3, 0.4) is 0 Å². The molecule has 3 rings (SSSR count). The van der Waals surface area contributed by atoms with Crippen molar-refractivity contribution >= 4 is 40.0 Å². The predicted octanol–water partition coefficient (Wildman–Crippen LogP) is 3.59. The van der Waals surface area contributed by atoms with Gasteiger partial charge in [-0.3, -0.25) is 4.79 Å². The second-order valence-electron chi connectivity index (χ2n) is 7.19. The minimum Gasteiger partial charge on any atom is -0.332 e. The van der Waals surface area contributed by atoms with Crippen molar-refractivity contribution in [3.63, 3.8) is 0 Å². The molecule has 0 radical (unpaired) electrons. The summed E-state index contributed by atoms with van der Waals surface area (Å²) in [5, 5.41) is 15.0. The van der Waals surface area contributed by atoms with E-state index < -0.39 is 5.41 Å². The third-order valence-corrected chi connectivity index (χ3v) is 4.02. The van der Waals surface area contributed by atoms with Gasteiger partial charge in [0.1, 0.15) is 11.0 Å². The van der Waals surface area contributed by atoms with Gasteiger partial charge in [-0.05, 0) is 49.5 Å². The molecule has 0 atom stereocenters. The minimum absolute atomic E-state index is 0.138. The molecule has 2 aromatic carbocycles. The number of nitrogens with one attached hydrogen (secondary N) is 2. The number of amides is 1. The van der Waals surface area contributed by atoms with Crippen molar-refractivity contribution in [2.24, 2.45) is 5.41 Å². The maximum Gasteiger partial charge on any atom is 0.231 e. The molecule has 7 heteroatoms. The summed E-state index contributed by atoms with van der Waals surface area (Å²) in [5.74, 6) is -0.138. The van der Waals surface area contributed by atoms with E-state index >= 15 is 0 Å². The van der Waals surface area contributed by atoms with E-state index in [1.807, 2.05) is 70.2 Å². The molecule has 1 amide bonds. The van der Waals surface area contributed by atoms with Gasteiger partial charge in [0.2, 0.25) is 5.91 Å². The third kappa shape index (κ3) is 4.05. The van der Waals surface area contributed by atoms with Crippen molar-refractivity contribution in [1.82, 2.24) is 20.3 Å². The lowest BCUT2D eigenvalue weighted by Gasteiger charge is -2.18. The smallest absolute Gasteiger partial charge is 0.231 e. The monoisotopic (exact) mass is 367 g/mol. The Hall–Kier alpha value is -2.80. The molecule has 0 unspecified atom stereocenters. The molecule has 1 aromatic heterocycles. The summed E-state index contributed by atoms with van der Waals surface area (Å²) < 4.78 is 0. The summed E-state index contributed by atoms with van der Waals surface area (Å²) >= 11 is 5.21. The van der Waals surface area contributed by atoms with E-state index in [9.17, 15) is 4.79 Å². The number of fused-ring (bicyclic) bond motifs is 1. The lowest BCUT2D eigenvalue weighted by atomic mass is 9.96. The summed E-state index contributed by atoms with van der Waals surface area (Å²) in [4.78, 5) is 13.6. The Morgan fingerprint density at radius 1 is 1.04 bits per heavy atom. The molecule has 0 fully saturated rings. The number of thiocarbonyl (C=S) groups is 1. The molecule has 3 aromatic rings. The normalized spacial score (nSPS) is 11.4. The van der Waals surface area contributed by atoms with Crippen LogP contribution in [-0.4, -0.2) is 26.0 Å². The quantitative estimate of drug-likeness (QED) is 0.677. The first-order chi connectivity index (χ1) is 12.2. The Balaban J connectivity index is 1.78. The Bertz CT molecular complexity index is 970. The molecule has 134 valence electrons. The summed E-state index contributed by atoms with van der Waals surface area (Å²) in [6, 6.07) is 13.6. The van der Waals surface area contributed by atoms with E-state index in [1.165, 1.54) is 5.56 Å². The SMILES string of the molecule is Cc1ccc(-n2nc3ccc(NC(=S)NC(=O)C(C)(C)C)cc3n2)cc1. The molecular weight excluding hydrogens is 346 g/mol. The van der Waals surface area contributed by atoms with Gasteiger partial charge in [-0.2, -0.15) is 4.80 Å². The van der Waals surface area contributed by atoms with Crippen LogP contribution in [0.4, 0.5) is 5.69 Å². The van der Waals surface area contributed by atoms with Crippen LogP contribution in [0.25, 0.3) is 16.7 Å². The maximum atomic E-state index is 12.0. The molecule has 0 saturated carbocycles. The number of hydrogen-bond donors (Lipinski definition) is 2. The van der Waals surface area contributed by atoms with Crippen LogP contribution >= 0.6 is 12.2 Å². The van der Waals surface area contributed by atoms with E-state index in [0.717, 1.165) is 22.4 Å². The summed E-state index contributed by atoms with van der Waals surface area (Å²) in [6.45, 7) is 7.54.